The highest BCUT2D eigenvalue weighted by atomic mass is 16.2. The van der Waals surface area contributed by atoms with E-state index in [1.165, 1.54) is 38.5 Å². The van der Waals surface area contributed by atoms with Gasteiger partial charge in [-0.15, -0.1) is 0 Å². The number of carbonyl (C=O) groups excluding carboxylic acids is 1. The Morgan fingerprint density at radius 1 is 1.30 bits per heavy atom. The van der Waals surface area contributed by atoms with Crippen molar-refractivity contribution < 1.29 is 4.79 Å². The maximum atomic E-state index is 12.3. The molecular formula is C16H31N3O. The van der Waals surface area contributed by atoms with Crippen molar-refractivity contribution in [3.63, 3.8) is 0 Å². The highest BCUT2D eigenvalue weighted by Crippen LogP contribution is 2.35. The zero-order valence-corrected chi connectivity index (χ0v) is 13.4. The summed E-state index contributed by atoms with van der Waals surface area (Å²) in [4.78, 5) is 14.6. The number of nitrogens with zero attached hydrogens (tertiary/aromatic N) is 1. The van der Waals surface area contributed by atoms with E-state index >= 15 is 0 Å². The van der Waals surface area contributed by atoms with Crippen LogP contribution in [-0.2, 0) is 4.79 Å². The molecule has 116 valence electrons. The van der Waals surface area contributed by atoms with Crippen molar-refractivity contribution in [1.82, 2.24) is 15.5 Å². The summed E-state index contributed by atoms with van der Waals surface area (Å²) in [6, 6.07) is 0.0315. The maximum Gasteiger partial charge on any atom is 0.237 e. The smallest absolute Gasteiger partial charge is 0.237 e. The quantitative estimate of drug-likeness (QED) is 0.825. The van der Waals surface area contributed by atoms with Gasteiger partial charge in [-0.2, -0.15) is 0 Å². The summed E-state index contributed by atoms with van der Waals surface area (Å²) in [6.07, 6.45) is 8.34. The van der Waals surface area contributed by atoms with E-state index in [2.05, 4.69) is 36.6 Å². The summed E-state index contributed by atoms with van der Waals surface area (Å²) in [5.74, 6) is 0.958. The lowest BCUT2D eigenvalue weighted by atomic mass is 9.75. The molecule has 20 heavy (non-hydrogen) atoms. The predicted molar refractivity (Wildman–Crippen MR) is 82.7 cm³/mol. The van der Waals surface area contributed by atoms with Crippen LogP contribution in [0.2, 0.25) is 0 Å². The van der Waals surface area contributed by atoms with Crippen LogP contribution in [0.5, 0.6) is 0 Å². The molecule has 2 fully saturated rings. The van der Waals surface area contributed by atoms with E-state index in [1.54, 1.807) is 0 Å². The molecule has 4 nitrogen and oxygen atoms in total. The molecule has 0 spiro atoms. The second-order valence-electron chi connectivity index (χ2n) is 7.04. The summed E-state index contributed by atoms with van der Waals surface area (Å²) >= 11 is 0. The SMILES string of the molecule is CC1CCCC(CNC(=O)[C@@H]2CCCCN2)(N(C)C)C1. The van der Waals surface area contributed by atoms with Crippen molar-refractivity contribution >= 4 is 5.91 Å². The van der Waals surface area contributed by atoms with E-state index in [0.717, 1.165) is 25.4 Å². The number of rotatable bonds is 4. The van der Waals surface area contributed by atoms with Crippen LogP contribution in [0.15, 0.2) is 0 Å². The lowest BCUT2D eigenvalue weighted by Gasteiger charge is -2.45. The highest BCUT2D eigenvalue weighted by molar-refractivity contribution is 5.81. The van der Waals surface area contributed by atoms with Gasteiger partial charge in [0.2, 0.25) is 5.91 Å². The molecule has 0 bridgehead atoms. The molecule has 2 N–H and O–H groups in total. The third-order valence-corrected chi connectivity index (χ3v) is 5.23. The lowest BCUT2D eigenvalue weighted by Crippen LogP contribution is -2.57. The van der Waals surface area contributed by atoms with Gasteiger partial charge >= 0.3 is 0 Å². The summed E-state index contributed by atoms with van der Waals surface area (Å²) < 4.78 is 0. The summed E-state index contributed by atoms with van der Waals surface area (Å²) in [5.41, 5.74) is 0.155. The number of nitrogens with one attached hydrogen (secondary N) is 2. The highest BCUT2D eigenvalue weighted by Gasteiger charge is 2.37. The summed E-state index contributed by atoms with van der Waals surface area (Å²) in [7, 11) is 4.31. The molecule has 3 atom stereocenters. The van der Waals surface area contributed by atoms with Crippen molar-refractivity contribution in [3.8, 4) is 0 Å². The Labute approximate surface area is 123 Å². The van der Waals surface area contributed by atoms with Crippen molar-refractivity contribution in [3.05, 3.63) is 0 Å². The van der Waals surface area contributed by atoms with E-state index in [1.807, 2.05) is 0 Å². The van der Waals surface area contributed by atoms with Crippen LogP contribution in [0.25, 0.3) is 0 Å². The molecule has 0 aromatic carbocycles. The first-order valence-corrected chi connectivity index (χ1v) is 8.22. The molecule has 1 amide bonds. The van der Waals surface area contributed by atoms with Crippen molar-refractivity contribution in [2.24, 2.45) is 5.92 Å². The number of amides is 1. The Morgan fingerprint density at radius 3 is 2.70 bits per heavy atom. The minimum absolute atomic E-state index is 0.0315. The number of hydrogen-bond donors (Lipinski definition) is 2. The van der Waals surface area contributed by atoms with Crippen molar-refractivity contribution in [2.75, 3.05) is 27.2 Å². The topological polar surface area (TPSA) is 44.4 Å². The molecule has 4 heteroatoms. The molecule has 1 saturated heterocycles. The van der Waals surface area contributed by atoms with Crippen LogP contribution in [-0.4, -0.2) is 49.6 Å². The Kier molecular flexibility index (Phi) is 5.44. The molecular weight excluding hydrogens is 250 g/mol. The van der Waals surface area contributed by atoms with Gasteiger partial charge < -0.3 is 15.5 Å². The first-order valence-electron chi connectivity index (χ1n) is 8.22. The van der Waals surface area contributed by atoms with E-state index in [9.17, 15) is 4.79 Å². The molecule has 1 aliphatic heterocycles. The number of likely N-dealkylation sites (N-methyl/N-ethyl adjacent to an activating group) is 1. The zero-order chi connectivity index (χ0) is 14.6. The van der Waals surface area contributed by atoms with Gasteiger partial charge in [-0.1, -0.05) is 26.2 Å². The molecule has 0 aromatic rings. The molecule has 2 aliphatic rings. The maximum absolute atomic E-state index is 12.3. The van der Waals surface area contributed by atoms with Crippen LogP contribution >= 0.6 is 0 Å². The van der Waals surface area contributed by atoms with Crippen LogP contribution < -0.4 is 10.6 Å². The van der Waals surface area contributed by atoms with Gasteiger partial charge in [0, 0.05) is 12.1 Å². The molecule has 0 radical (unpaired) electrons. The van der Waals surface area contributed by atoms with E-state index in [0.29, 0.717) is 0 Å². The average Bonchev–Trinajstić information content (AvgIpc) is 2.45. The summed E-state index contributed by atoms with van der Waals surface area (Å²) in [6.45, 7) is 4.11. The zero-order valence-electron chi connectivity index (χ0n) is 13.4. The molecule has 1 heterocycles. The van der Waals surface area contributed by atoms with Gasteiger partial charge in [0.1, 0.15) is 0 Å². The number of carbonyl (C=O) groups is 1. The van der Waals surface area contributed by atoms with Gasteiger partial charge in [-0.05, 0) is 52.2 Å². The predicted octanol–water partition coefficient (Wildman–Crippen LogP) is 1.76. The van der Waals surface area contributed by atoms with Gasteiger partial charge in [0.05, 0.1) is 6.04 Å². The fraction of sp³-hybridized carbons (Fsp3) is 0.938. The standard InChI is InChI=1S/C16H31N3O/c1-13-7-6-9-16(11-13,19(2)3)12-18-15(20)14-8-4-5-10-17-14/h13-14,17H,4-12H2,1-3H3,(H,18,20)/t13?,14-,16?/m0/s1. The monoisotopic (exact) mass is 281 g/mol. The molecule has 1 saturated carbocycles. The van der Waals surface area contributed by atoms with Gasteiger partial charge in [0.15, 0.2) is 0 Å². The van der Waals surface area contributed by atoms with Gasteiger partial charge in [-0.3, -0.25) is 4.79 Å². The second kappa shape index (κ2) is 6.90. The van der Waals surface area contributed by atoms with Crippen LogP contribution in [0.1, 0.15) is 51.9 Å². The Hall–Kier alpha value is -0.610. The lowest BCUT2D eigenvalue weighted by molar-refractivity contribution is -0.124. The van der Waals surface area contributed by atoms with Gasteiger partial charge in [-0.25, -0.2) is 0 Å². The third-order valence-electron chi connectivity index (χ3n) is 5.23. The molecule has 0 aromatic heterocycles. The van der Waals surface area contributed by atoms with E-state index < -0.39 is 0 Å². The first kappa shape index (κ1) is 15.8. The largest absolute Gasteiger partial charge is 0.353 e. The van der Waals surface area contributed by atoms with Crippen LogP contribution in [0.4, 0.5) is 0 Å². The Balaban J connectivity index is 1.90. The molecule has 1 aliphatic carbocycles. The third kappa shape index (κ3) is 3.73. The molecule has 2 rings (SSSR count). The normalized spacial score (nSPS) is 35.0. The Bertz CT molecular complexity index is 326. The van der Waals surface area contributed by atoms with Crippen molar-refractivity contribution in [2.45, 2.75) is 63.5 Å². The first-order chi connectivity index (χ1) is 9.53. The number of piperidine rings is 1. The molecule has 2 unspecified atom stereocenters. The van der Waals surface area contributed by atoms with Crippen molar-refractivity contribution in [1.29, 1.82) is 0 Å². The fourth-order valence-electron chi connectivity index (χ4n) is 3.81. The average molecular weight is 281 g/mol. The van der Waals surface area contributed by atoms with E-state index in [4.69, 9.17) is 0 Å². The minimum Gasteiger partial charge on any atom is -0.353 e. The Morgan fingerprint density at radius 2 is 2.10 bits per heavy atom. The van der Waals surface area contributed by atoms with Crippen LogP contribution in [0, 0.1) is 5.92 Å². The summed E-state index contributed by atoms with van der Waals surface area (Å²) in [5, 5.41) is 6.55. The minimum atomic E-state index is 0.0315. The van der Waals surface area contributed by atoms with Crippen LogP contribution in [0.3, 0.4) is 0 Å². The van der Waals surface area contributed by atoms with Gasteiger partial charge in [0.25, 0.3) is 0 Å². The fourth-order valence-corrected chi connectivity index (χ4v) is 3.81. The number of hydrogen-bond acceptors (Lipinski definition) is 3. The second-order valence-corrected chi connectivity index (χ2v) is 7.04. The van der Waals surface area contributed by atoms with E-state index in [-0.39, 0.29) is 17.5 Å².